The van der Waals surface area contributed by atoms with Gasteiger partial charge in [-0.2, -0.15) is 0 Å². The molecule has 1 aliphatic heterocycles. The molecule has 1 aromatic rings. The molecule has 2 rings (SSSR count). The summed E-state index contributed by atoms with van der Waals surface area (Å²) in [7, 11) is 1.78. The fourth-order valence-corrected chi connectivity index (χ4v) is 2.72. The van der Waals surface area contributed by atoms with E-state index in [0.717, 1.165) is 25.0 Å². The van der Waals surface area contributed by atoms with Gasteiger partial charge < -0.3 is 10.1 Å². The smallest absolute Gasteiger partial charge is 0.0464 e. The van der Waals surface area contributed by atoms with Crippen LogP contribution in [0, 0.1) is 5.92 Å². The Kier molecular flexibility index (Phi) is 4.43. The average molecular weight is 233 g/mol. The second kappa shape index (κ2) is 6.06. The highest BCUT2D eigenvalue weighted by atomic mass is 16.5. The van der Waals surface area contributed by atoms with E-state index in [2.05, 4.69) is 36.5 Å². The molecule has 1 aromatic carbocycles. The Morgan fingerprint density at radius 2 is 2.24 bits per heavy atom. The number of methoxy groups -OCH3 is 1. The van der Waals surface area contributed by atoms with Crippen molar-refractivity contribution in [2.24, 2.45) is 5.92 Å². The van der Waals surface area contributed by atoms with Crippen LogP contribution in [0.4, 0.5) is 5.69 Å². The van der Waals surface area contributed by atoms with Gasteiger partial charge in [0, 0.05) is 25.9 Å². The average Bonchev–Trinajstić information content (AvgIpc) is 2.37. The van der Waals surface area contributed by atoms with E-state index in [-0.39, 0.29) is 0 Å². The highest BCUT2D eigenvalue weighted by Gasteiger charge is 2.21. The molecular formula is C15H23NO. The molecule has 0 saturated heterocycles. The quantitative estimate of drug-likeness (QED) is 0.838. The zero-order chi connectivity index (χ0) is 12.1. The summed E-state index contributed by atoms with van der Waals surface area (Å²) < 4.78 is 5.16. The summed E-state index contributed by atoms with van der Waals surface area (Å²) >= 11 is 0. The highest BCUT2D eigenvalue weighted by Crippen LogP contribution is 2.36. The van der Waals surface area contributed by atoms with E-state index in [1.165, 1.54) is 30.5 Å². The Bertz CT molecular complexity index is 351. The molecule has 2 nitrogen and oxygen atoms in total. The SMILES string of the molecule is COCCC(C)CC1CCNc2ccccc21. The van der Waals surface area contributed by atoms with Crippen LogP contribution in [0.15, 0.2) is 24.3 Å². The topological polar surface area (TPSA) is 21.3 Å². The summed E-state index contributed by atoms with van der Waals surface area (Å²) in [6.07, 6.45) is 3.71. The van der Waals surface area contributed by atoms with E-state index < -0.39 is 0 Å². The largest absolute Gasteiger partial charge is 0.385 e. The molecular weight excluding hydrogens is 210 g/mol. The van der Waals surface area contributed by atoms with Crippen molar-refractivity contribution in [1.82, 2.24) is 0 Å². The predicted octanol–water partition coefficient (Wildman–Crippen LogP) is 3.65. The van der Waals surface area contributed by atoms with Gasteiger partial charge in [-0.3, -0.25) is 0 Å². The number of anilines is 1. The summed E-state index contributed by atoms with van der Waals surface area (Å²) in [5.41, 5.74) is 2.84. The van der Waals surface area contributed by atoms with Gasteiger partial charge in [-0.05, 0) is 42.7 Å². The van der Waals surface area contributed by atoms with E-state index >= 15 is 0 Å². The van der Waals surface area contributed by atoms with Gasteiger partial charge in [0.25, 0.3) is 0 Å². The van der Waals surface area contributed by atoms with Crippen LogP contribution in [-0.4, -0.2) is 20.3 Å². The summed E-state index contributed by atoms with van der Waals surface area (Å²) in [6.45, 7) is 4.33. The predicted molar refractivity (Wildman–Crippen MR) is 72.6 cm³/mol. The van der Waals surface area contributed by atoms with Crippen molar-refractivity contribution < 1.29 is 4.74 Å². The molecule has 1 heterocycles. The Morgan fingerprint density at radius 1 is 1.41 bits per heavy atom. The monoisotopic (exact) mass is 233 g/mol. The fraction of sp³-hybridized carbons (Fsp3) is 0.600. The third-order valence-electron chi connectivity index (χ3n) is 3.71. The normalized spacial score (nSPS) is 20.5. The second-order valence-corrected chi connectivity index (χ2v) is 5.12. The van der Waals surface area contributed by atoms with Gasteiger partial charge in [0.1, 0.15) is 0 Å². The number of nitrogens with one attached hydrogen (secondary N) is 1. The summed E-state index contributed by atoms with van der Waals surface area (Å²) in [4.78, 5) is 0. The van der Waals surface area contributed by atoms with Crippen LogP contribution in [0.2, 0.25) is 0 Å². The van der Waals surface area contributed by atoms with Gasteiger partial charge in [-0.1, -0.05) is 25.1 Å². The number of hydrogen-bond acceptors (Lipinski definition) is 2. The third-order valence-corrected chi connectivity index (χ3v) is 3.71. The molecule has 0 spiro atoms. The zero-order valence-electron chi connectivity index (χ0n) is 10.9. The van der Waals surface area contributed by atoms with Crippen LogP contribution < -0.4 is 5.32 Å². The van der Waals surface area contributed by atoms with E-state index in [4.69, 9.17) is 4.74 Å². The van der Waals surface area contributed by atoms with E-state index in [1.807, 2.05) is 0 Å². The minimum atomic E-state index is 0.722. The first-order valence-electron chi connectivity index (χ1n) is 6.63. The van der Waals surface area contributed by atoms with Gasteiger partial charge in [0.05, 0.1) is 0 Å². The summed E-state index contributed by atoms with van der Waals surface area (Å²) in [6, 6.07) is 8.73. The Morgan fingerprint density at radius 3 is 3.06 bits per heavy atom. The first kappa shape index (κ1) is 12.4. The lowest BCUT2D eigenvalue weighted by molar-refractivity contribution is 0.176. The molecule has 0 aromatic heterocycles. The molecule has 17 heavy (non-hydrogen) atoms. The molecule has 1 N–H and O–H groups in total. The van der Waals surface area contributed by atoms with E-state index in [0.29, 0.717) is 0 Å². The van der Waals surface area contributed by atoms with Gasteiger partial charge in [-0.25, -0.2) is 0 Å². The number of para-hydroxylation sites is 1. The van der Waals surface area contributed by atoms with Crippen LogP contribution in [0.5, 0.6) is 0 Å². The lowest BCUT2D eigenvalue weighted by Gasteiger charge is -2.28. The third kappa shape index (κ3) is 3.22. The Labute approximate surface area is 104 Å². The molecule has 0 radical (unpaired) electrons. The molecule has 0 saturated carbocycles. The number of benzene rings is 1. The van der Waals surface area contributed by atoms with Gasteiger partial charge in [0.2, 0.25) is 0 Å². The molecule has 0 amide bonds. The molecule has 94 valence electrons. The van der Waals surface area contributed by atoms with Crippen molar-refractivity contribution >= 4 is 5.69 Å². The van der Waals surface area contributed by atoms with E-state index in [1.54, 1.807) is 7.11 Å². The lowest BCUT2D eigenvalue weighted by atomic mass is 9.83. The van der Waals surface area contributed by atoms with Gasteiger partial charge in [0.15, 0.2) is 0 Å². The minimum absolute atomic E-state index is 0.722. The van der Waals surface area contributed by atoms with Crippen molar-refractivity contribution in [3.8, 4) is 0 Å². The molecule has 2 unspecified atom stereocenters. The van der Waals surface area contributed by atoms with Crippen molar-refractivity contribution in [3.05, 3.63) is 29.8 Å². The van der Waals surface area contributed by atoms with Crippen LogP contribution in [0.3, 0.4) is 0 Å². The van der Waals surface area contributed by atoms with Gasteiger partial charge >= 0.3 is 0 Å². The standard InChI is InChI=1S/C15H23NO/c1-12(8-10-17-2)11-13-7-9-16-15-6-4-3-5-14(13)15/h3-6,12-13,16H,7-11H2,1-2H3. The number of rotatable bonds is 5. The van der Waals surface area contributed by atoms with Crippen molar-refractivity contribution in [2.75, 3.05) is 25.6 Å². The maximum atomic E-state index is 5.16. The summed E-state index contributed by atoms with van der Waals surface area (Å²) in [5, 5.41) is 3.48. The highest BCUT2D eigenvalue weighted by molar-refractivity contribution is 5.54. The summed E-state index contributed by atoms with van der Waals surface area (Å²) in [5.74, 6) is 1.46. The minimum Gasteiger partial charge on any atom is -0.385 e. The molecule has 0 fully saturated rings. The van der Waals surface area contributed by atoms with Crippen molar-refractivity contribution in [3.63, 3.8) is 0 Å². The molecule has 2 heteroatoms. The first-order chi connectivity index (χ1) is 8.31. The van der Waals surface area contributed by atoms with Crippen LogP contribution >= 0.6 is 0 Å². The van der Waals surface area contributed by atoms with Crippen LogP contribution in [0.1, 0.15) is 37.7 Å². The van der Waals surface area contributed by atoms with Gasteiger partial charge in [-0.15, -0.1) is 0 Å². The Hall–Kier alpha value is -1.02. The fourth-order valence-electron chi connectivity index (χ4n) is 2.72. The molecule has 1 aliphatic rings. The second-order valence-electron chi connectivity index (χ2n) is 5.12. The van der Waals surface area contributed by atoms with Crippen molar-refractivity contribution in [1.29, 1.82) is 0 Å². The first-order valence-corrected chi connectivity index (χ1v) is 6.63. The van der Waals surface area contributed by atoms with Crippen LogP contribution in [0.25, 0.3) is 0 Å². The molecule has 0 aliphatic carbocycles. The zero-order valence-corrected chi connectivity index (χ0v) is 10.9. The lowest BCUT2D eigenvalue weighted by Crippen LogP contribution is -2.18. The number of hydrogen-bond donors (Lipinski definition) is 1. The number of ether oxygens (including phenoxy) is 1. The van der Waals surface area contributed by atoms with Crippen molar-refractivity contribution in [2.45, 2.75) is 32.1 Å². The van der Waals surface area contributed by atoms with Crippen LogP contribution in [-0.2, 0) is 4.74 Å². The molecule has 2 atom stereocenters. The maximum absolute atomic E-state index is 5.16. The van der Waals surface area contributed by atoms with E-state index in [9.17, 15) is 0 Å². The Balaban J connectivity index is 1.98. The maximum Gasteiger partial charge on any atom is 0.0464 e. The molecule has 0 bridgehead atoms. The number of fused-ring (bicyclic) bond motifs is 1.